The van der Waals surface area contributed by atoms with Crippen LogP contribution >= 0.6 is 0 Å². The van der Waals surface area contributed by atoms with Crippen LogP contribution in [0.15, 0.2) is 37.1 Å². The maximum Gasteiger partial charge on any atom is 0.251 e. The van der Waals surface area contributed by atoms with E-state index in [1.807, 2.05) is 0 Å². The highest BCUT2D eigenvalue weighted by Crippen LogP contribution is 2.34. The van der Waals surface area contributed by atoms with Gasteiger partial charge in [0.2, 0.25) is 0 Å². The van der Waals surface area contributed by atoms with E-state index in [2.05, 4.69) is 15.3 Å². The third-order valence-electron chi connectivity index (χ3n) is 3.72. The van der Waals surface area contributed by atoms with Crippen molar-refractivity contribution in [1.82, 2.24) is 19.9 Å². The molecule has 1 aliphatic carbocycles. The van der Waals surface area contributed by atoms with Gasteiger partial charge in [-0.25, -0.2) is 9.97 Å². The summed E-state index contributed by atoms with van der Waals surface area (Å²) in [6.45, 7) is 0.0953. The molecule has 1 aliphatic rings. The number of aromatic nitrogens is 3. The number of hydrogen-bond acceptors (Lipinski definition) is 4. The van der Waals surface area contributed by atoms with Crippen molar-refractivity contribution in [3.05, 3.63) is 42.6 Å². The fraction of sp³-hybridized carbons (Fsp3) is 0.400. The van der Waals surface area contributed by atoms with Crippen LogP contribution in [0.1, 0.15) is 29.6 Å². The molecule has 0 aliphatic heterocycles. The number of amides is 1. The molecule has 1 amide bonds. The van der Waals surface area contributed by atoms with Gasteiger partial charge in [0, 0.05) is 36.8 Å². The predicted octanol–water partition coefficient (Wildman–Crippen LogP) is 1.16. The van der Waals surface area contributed by atoms with E-state index in [1.165, 1.54) is 0 Å². The summed E-state index contributed by atoms with van der Waals surface area (Å²) < 4.78 is 1.75. The Morgan fingerprint density at radius 1 is 1.48 bits per heavy atom. The van der Waals surface area contributed by atoms with Gasteiger partial charge in [-0.3, -0.25) is 9.36 Å². The summed E-state index contributed by atoms with van der Waals surface area (Å²) in [5.74, 6) is 1.05. The summed E-state index contributed by atoms with van der Waals surface area (Å²) >= 11 is 0. The molecule has 2 N–H and O–H groups in total. The quantitative estimate of drug-likeness (QED) is 0.835. The number of imidazole rings is 1. The second-order valence-electron chi connectivity index (χ2n) is 5.30. The highest BCUT2D eigenvalue weighted by molar-refractivity contribution is 5.94. The number of carbonyl (C=O) groups excluding carboxylic acids is 1. The van der Waals surface area contributed by atoms with Crippen molar-refractivity contribution in [2.75, 3.05) is 6.61 Å². The molecule has 0 spiro atoms. The fourth-order valence-electron chi connectivity index (χ4n) is 2.41. The van der Waals surface area contributed by atoms with E-state index in [0.29, 0.717) is 23.7 Å². The van der Waals surface area contributed by atoms with Crippen LogP contribution in [0.2, 0.25) is 0 Å². The maximum absolute atomic E-state index is 12.3. The zero-order valence-corrected chi connectivity index (χ0v) is 11.6. The average Bonchev–Trinajstić information content (AvgIpc) is 3.21. The Morgan fingerprint density at radius 3 is 3.00 bits per heavy atom. The van der Waals surface area contributed by atoms with E-state index in [4.69, 9.17) is 5.11 Å². The molecule has 2 aromatic rings. The summed E-state index contributed by atoms with van der Waals surface area (Å²) in [6, 6.07) is 3.49. The summed E-state index contributed by atoms with van der Waals surface area (Å²) in [4.78, 5) is 20.5. The third-order valence-corrected chi connectivity index (χ3v) is 3.72. The lowest BCUT2D eigenvalue weighted by Gasteiger charge is -2.17. The molecule has 0 bridgehead atoms. The standard InChI is InChI=1S/C15H18N4O2/c20-8-4-13(11-1-2-11)18-15(21)12-3-5-17-14(9-12)19-7-6-16-10-19/h3,5-7,9-11,13,20H,1-2,4,8H2,(H,18,21). The molecular formula is C15H18N4O2. The summed E-state index contributed by atoms with van der Waals surface area (Å²) in [7, 11) is 0. The van der Waals surface area contributed by atoms with Crippen LogP contribution in [0.5, 0.6) is 0 Å². The summed E-state index contributed by atoms with van der Waals surface area (Å²) in [5, 5.41) is 12.1. The molecule has 6 nitrogen and oxygen atoms in total. The van der Waals surface area contributed by atoms with Crippen molar-refractivity contribution in [1.29, 1.82) is 0 Å². The third kappa shape index (κ3) is 3.28. The Kier molecular flexibility index (Phi) is 3.96. The van der Waals surface area contributed by atoms with Crippen LogP contribution in [-0.4, -0.2) is 38.2 Å². The first-order valence-electron chi connectivity index (χ1n) is 7.14. The summed E-state index contributed by atoms with van der Waals surface area (Å²) in [5.41, 5.74) is 0.567. The second-order valence-corrected chi connectivity index (χ2v) is 5.30. The van der Waals surface area contributed by atoms with Gasteiger partial charge in [-0.2, -0.15) is 0 Å². The van der Waals surface area contributed by atoms with Gasteiger partial charge in [0.25, 0.3) is 5.91 Å². The van der Waals surface area contributed by atoms with Gasteiger partial charge < -0.3 is 10.4 Å². The normalized spacial score (nSPS) is 15.7. The van der Waals surface area contributed by atoms with Crippen LogP contribution < -0.4 is 5.32 Å². The van der Waals surface area contributed by atoms with Gasteiger partial charge in [-0.15, -0.1) is 0 Å². The molecule has 2 aromatic heterocycles. The van der Waals surface area contributed by atoms with Crippen molar-refractivity contribution in [2.24, 2.45) is 5.92 Å². The Bertz CT molecular complexity index is 608. The smallest absolute Gasteiger partial charge is 0.251 e. The van der Waals surface area contributed by atoms with Crippen LogP contribution in [0.4, 0.5) is 0 Å². The molecule has 1 atom stereocenters. The van der Waals surface area contributed by atoms with Gasteiger partial charge in [-0.05, 0) is 37.3 Å². The minimum absolute atomic E-state index is 0.0624. The van der Waals surface area contributed by atoms with Crippen molar-refractivity contribution in [3.63, 3.8) is 0 Å². The average molecular weight is 286 g/mol. The number of hydrogen-bond donors (Lipinski definition) is 2. The first kappa shape index (κ1) is 13.8. The van der Waals surface area contributed by atoms with Gasteiger partial charge in [0.15, 0.2) is 0 Å². The highest BCUT2D eigenvalue weighted by atomic mass is 16.3. The molecule has 3 rings (SSSR count). The van der Waals surface area contributed by atoms with Crippen molar-refractivity contribution in [2.45, 2.75) is 25.3 Å². The minimum Gasteiger partial charge on any atom is -0.396 e. The predicted molar refractivity (Wildman–Crippen MR) is 77.0 cm³/mol. The Labute approximate surface area is 122 Å². The van der Waals surface area contributed by atoms with Crippen LogP contribution in [-0.2, 0) is 0 Å². The number of nitrogens with zero attached hydrogens (tertiary/aromatic N) is 3. The van der Waals surface area contributed by atoms with E-state index < -0.39 is 0 Å². The minimum atomic E-state index is -0.121. The number of rotatable bonds is 6. The zero-order chi connectivity index (χ0) is 14.7. The van der Waals surface area contributed by atoms with E-state index in [-0.39, 0.29) is 18.6 Å². The van der Waals surface area contributed by atoms with E-state index in [1.54, 1.807) is 41.6 Å². The van der Waals surface area contributed by atoms with Gasteiger partial charge >= 0.3 is 0 Å². The van der Waals surface area contributed by atoms with Crippen molar-refractivity contribution < 1.29 is 9.90 Å². The monoisotopic (exact) mass is 286 g/mol. The number of pyridine rings is 1. The van der Waals surface area contributed by atoms with Gasteiger partial charge in [0.05, 0.1) is 0 Å². The Morgan fingerprint density at radius 2 is 2.33 bits per heavy atom. The SMILES string of the molecule is O=C(NC(CCO)C1CC1)c1ccnc(-n2ccnc2)c1. The maximum atomic E-state index is 12.3. The lowest BCUT2D eigenvalue weighted by Crippen LogP contribution is -2.37. The van der Waals surface area contributed by atoms with E-state index in [9.17, 15) is 4.79 Å². The molecule has 1 saturated carbocycles. The van der Waals surface area contributed by atoms with Gasteiger partial charge in [0.1, 0.15) is 12.1 Å². The number of nitrogens with one attached hydrogen (secondary N) is 1. The first-order chi connectivity index (χ1) is 10.3. The molecule has 1 unspecified atom stereocenters. The highest BCUT2D eigenvalue weighted by Gasteiger charge is 2.31. The topological polar surface area (TPSA) is 80.0 Å². The fourth-order valence-corrected chi connectivity index (χ4v) is 2.41. The molecular weight excluding hydrogens is 268 g/mol. The Balaban J connectivity index is 1.73. The first-order valence-corrected chi connectivity index (χ1v) is 7.14. The number of aliphatic hydroxyl groups is 1. The molecule has 21 heavy (non-hydrogen) atoms. The molecule has 0 radical (unpaired) electrons. The lowest BCUT2D eigenvalue weighted by molar-refractivity contribution is 0.0924. The number of carbonyl (C=O) groups is 1. The molecule has 0 saturated heterocycles. The van der Waals surface area contributed by atoms with E-state index in [0.717, 1.165) is 12.8 Å². The van der Waals surface area contributed by atoms with Crippen LogP contribution in [0.3, 0.4) is 0 Å². The van der Waals surface area contributed by atoms with Crippen LogP contribution in [0.25, 0.3) is 5.82 Å². The molecule has 2 heterocycles. The number of aliphatic hydroxyl groups excluding tert-OH is 1. The molecule has 110 valence electrons. The van der Waals surface area contributed by atoms with Crippen molar-refractivity contribution >= 4 is 5.91 Å². The second kappa shape index (κ2) is 6.05. The van der Waals surface area contributed by atoms with Crippen LogP contribution in [0, 0.1) is 5.92 Å². The van der Waals surface area contributed by atoms with Gasteiger partial charge in [-0.1, -0.05) is 0 Å². The Hall–Kier alpha value is -2.21. The lowest BCUT2D eigenvalue weighted by atomic mass is 10.1. The molecule has 0 aromatic carbocycles. The molecule has 1 fully saturated rings. The summed E-state index contributed by atoms with van der Waals surface area (Å²) in [6.07, 6.45) is 9.56. The van der Waals surface area contributed by atoms with E-state index >= 15 is 0 Å². The van der Waals surface area contributed by atoms with Crippen molar-refractivity contribution in [3.8, 4) is 5.82 Å². The molecule has 6 heteroatoms. The largest absolute Gasteiger partial charge is 0.396 e. The zero-order valence-electron chi connectivity index (χ0n) is 11.6.